The van der Waals surface area contributed by atoms with E-state index in [1.54, 1.807) is 0 Å². The van der Waals surface area contributed by atoms with Crippen LogP contribution in [0.1, 0.15) is 393 Å². The molecule has 0 N–H and O–H groups in total. The second-order valence-electron chi connectivity index (χ2n) is 23.5. The maximum atomic E-state index is 12.9. The molecule has 0 rings (SSSR count). The van der Waals surface area contributed by atoms with Crippen LogP contribution in [0.4, 0.5) is 0 Å². The monoisotopic (exact) mass is 1060 g/mol. The van der Waals surface area contributed by atoms with Crippen LogP contribution in [0.3, 0.4) is 0 Å². The molecular formula is C69H132O6. The molecule has 0 bridgehead atoms. The van der Waals surface area contributed by atoms with Gasteiger partial charge in [0.15, 0.2) is 6.10 Å². The Balaban J connectivity index is 4.18. The first-order valence-corrected chi connectivity index (χ1v) is 34.2. The summed E-state index contributed by atoms with van der Waals surface area (Å²) in [7, 11) is 0. The van der Waals surface area contributed by atoms with Gasteiger partial charge in [-0.1, -0.05) is 341 Å². The van der Waals surface area contributed by atoms with Gasteiger partial charge in [-0.15, -0.1) is 0 Å². The third kappa shape index (κ3) is 62.9. The van der Waals surface area contributed by atoms with E-state index < -0.39 is 6.10 Å². The standard InChI is InChI=1S/C69H132O6/c1-4-7-10-13-16-19-22-25-28-30-31-32-33-34-35-36-37-38-39-40-42-44-47-50-53-56-59-62-68(71)74-65-66(64-73-67(70)61-58-55-52-49-46-43-27-24-21-18-15-12-9-6-3)75-69(72)63-60-57-54-51-48-45-41-29-26-23-20-17-14-11-8-5-2/h29,41,66H,4-28,30-40,42-65H2,1-3H3/b41-29-. The molecule has 0 saturated heterocycles. The quantitative estimate of drug-likeness (QED) is 0.0261. The highest BCUT2D eigenvalue weighted by Crippen LogP contribution is 2.19. The predicted molar refractivity (Wildman–Crippen MR) is 326 cm³/mol. The number of hydrogen-bond donors (Lipinski definition) is 0. The fourth-order valence-electron chi connectivity index (χ4n) is 10.6. The number of esters is 3. The van der Waals surface area contributed by atoms with E-state index in [4.69, 9.17) is 14.2 Å². The van der Waals surface area contributed by atoms with Crippen LogP contribution in [-0.4, -0.2) is 37.2 Å². The van der Waals surface area contributed by atoms with Crippen molar-refractivity contribution < 1.29 is 28.6 Å². The van der Waals surface area contributed by atoms with Gasteiger partial charge in [-0.2, -0.15) is 0 Å². The highest BCUT2D eigenvalue weighted by Gasteiger charge is 2.19. The molecule has 0 radical (unpaired) electrons. The van der Waals surface area contributed by atoms with Crippen molar-refractivity contribution in [3.8, 4) is 0 Å². The lowest BCUT2D eigenvalue weighted by molar-refractivity contribution is -0.167. The first-order valence-electron chi connectivity index (χ1n) is 34.2. The zero-order valence-corrected chi connectivity index (χ0v) is 51.1. The van der Waals surface area contributed by atoms with Crippen molar-refractivity contribution in [2.75, 3.05) is 13.2 Å². The summed E-state index contributed by atoms with van der Waals surface area (Å²) < 4.78 is 17.0. The molecule has 0 spiro atoms. The Bertz CT molecular complexity index is 1170. The summed E-state index contributed by atoms with van der Waals surface area (Å²) in [5.74, 6) is -0.843. The second-order valence-corrected chi connectivity index (χ2v) is 23.5. The van der Waals surface area contributed by atoms with Gasteiger partial charge in [0.05, 0.1) is 0 Å². The summed E-state index contributed by atoms with van der Waals surface area (Å²) in [4.78, 5) is 38.3. The zero-order valence-electron chi connectivity index (χ0n) is 51.1. The molecule has 0 aliphatic rings. The van der Waals surface area contributed by atoms with E-state index in [9.17, 15) is 14.4 Å². The van der Waals surface area contributed by atoms with Crippen LogP contribution in [0, 0.1) is 0 Å². The summed E-state index contributed by atoms with van der Waals surface area (Å²) >= 11 is 0. The van der Waals surface area contributed by atoms with Gasteiger partial charge in [0.25, 0.3) is 0 Å². The van der Waals surface area contributed by atoms with Crippen LogP contribution in [0.5, 0.6) is 0 Å². The molecule has 0 aromatic carbocycles. The summed E-state index contributed by atoms with van der Waals surface area (Å²) in [5.41, 5.74) is 0. The zero-order chi connectivity index (χ0) is 54.3. The molecule has 0 saturated carbocycles. The van der Waals surface area contributed by atoms with E-state index in [1.165, 1.54) is 289 Å². The van der Waals surface area contributed by atoms with E-state index in [0.717, 1.165) is 64.2 Å². The molecule has 0 aliphatic carbocycles. The number of allylic oxidation sites excluding steroid dienone is 2. The molecule has 0 heterocycles. The lowest BCUT2D eigenvalue weighted by Gasteiger charge is -2.18. The maximum Gasteiger partial charge on any atom is 0.306 e. The van der Waals surface area contributed by atoms with Crippen LogP contribution in [0.25, 0.3) is 0 Å². The number of unbranched alkanes of at least 4 members (excludes halogenated alkanes) is 51. The van der Waals surface area contributed by atoms with Gasteiger partial charge in [0.2, 0.25) is 0 Å². The number of carbonyl (C=O) groups is 3. The Morgan fingerprint density at radius 3 is 0.667 bits per heavy atom. The highest BCUT2D eigenvalue weighted by molar-refractivity contribution is 5.71. The largest absolute Gasteiger partial charge is 0.462 e. The molecule has 0 aromatic heterocycles. The number of ether oxygens (including phenoxy) is 3. The molecule has 0 aromatic rings. The average molecular weight is 1060 g/mol. The molecular weight excluding hydrogens is 925 g/mol. The van der Waals surface area contributed by atoms with Crippen molar-refractivity contribution in [1.82, 2.24) is 0 Å². The second kappa shape index (κ2) is 64.7. The van der Waals surface area contributed by atoms with Gasteiger partial charge in [0, 0.05) is 19.3 Å². The van der Waals surface area contributed by atoms with E-state index in [-0.39, 0.29) is 31.1 Å². The Morgan fingerprint density at radius 2 is 0.440 bits per heavy atom. The predicted octanol–water partition coefficient (Wildman–Crippen LogP) is 23.2. The van der Waals surface area contributed by atoms with Crippen molar-refractivity contribution in [3.05, 3.63) is 12.2 Å². The number of carbonyl (C=O) groups excluding carboxylic acids is 3. The Hall–Kier alpha value is -1.85. The molecule has 1 unspecified atom stereocenters. The van der Waals surface area contributed by atoms with Crippen molar-refractivity contribution in [1.29, 1.82) is 0 Å². The Labute approximate surface area is 469 Å². The third-order valence-corrected chi connectivity index (χ3v) is 15.8. The maximum absolute atomic E-state index is 12.9. The summed E-state index contributed by atoms with van der Waals surface area (Å²) in [5, 5.41) is 0. The van der Waals surface area contributed by atoms with Crippen LogP contribution < -0.4 is 0 Å². The van der Waals surface area contributed by atoms with Crippen molar-refractivity contribution >= 4 is 17.9 Å². The highest BCUT2D eigenvalue weighted by atomic mass is 16.6. The van der Waals surface area contributed by atoms with E-state index in [0.29, 0.717) is 19.3 Å². The number of rotatable bonds is 64. The van der Waals surface area contributed by atoms with Gasteiger partial charge < -0.3 is 14.2 Å². The fourth-order valence-corrected chi connectivity index (χ4v) is 10.6. The first-order chi connectivity index (χ1) is 37.0. The minimum absolute atomic E-state index is 0.0668. The van der Waals surface area contributed by atoms with Crippen molar-refractivity contribution in [2.45, 2.75) is 399 Å². The van der Waals surface area contributed by atoms with Gasteiger partial charge in [0.1, 0.15) is 13.2 Å². The van der Waals surface area contributed by atoms with E-state index in [2.05, 4.69) is 32.9 Å². The topological polar surface area (TPSA) is 78.9 Å². The van der Waals surface area contributed by atoms with Crippen molar-refractivity contribution in [2.24, 2.45) is 0 Å². The first kappa shape index (κ1) is 73.2. The molecule has 6 nitrogen and oxygen atoms in total. The van der Waals surface area contributed by atoms with Gasteiger partial charge >= 0.3 is 17.9 Å². The molecule has 0 aliphatic heterocycles. The van der Waals surface area contributed by atoms with E-state index in [1.807, 2.05) is 0 Å². The molecule has 1 atom stereocenters. The lowest BCUT2D eigenvalue weighted by Crippen LogP contribution is -2.30. The van der Waals surface area contributed by atoms with Gasteiger partial charge in [-0.25, -0.2) is 0 Å². The fraction of sp³-hybridized carbons (Fsp3) is 0.928. The SMILES string of the molecule is CCCCCCCCC/C=C\CCCCCCCC(=O)OC(COC(=O)CCCCCCCCCCCCCCCC)COC(=O)CCCCCCCCCCCCCCCCCCCCCCCCCCCCC. The Kier molecular flexibility index (Phi) is 63.1. The smallest absolute Gasteiger partial charge is 0.306 e. The molecule has 75 heavy (non-hydrogen) atoms. The van der Waals surface area contributed by atoms with E-state index >= 15 is 0 Å². The van der Waals surface area contributed by atoms with Crippen molar-refractivity contribution in [3.63, 3.8) is 0 Å². The van der Waals surface area contributed by atoms with Crippen LogP contribution in [0.2, 0.25) is 0 Å². The summed E-state index contributed by atoms with van der Waals surface area (Å²) in [6.07, 6.45) is 76.7. The normalized spacial score (nSPS) is 12.0. The van der Waals surface area contributed by atoms with Crippen LogP contribution in [-0.2, 0) is 28.6 Å². The minimum Gasteiger partial charge on any atom is -0.462 e. The summed E-state index contributed by atoms with van der Waals surface area (Å²) in [6, 6.07) is 0. The summed E-state index contributed by atoms with van der Waals surface area (Å²) in [6.45, 7) is 6.71. The average Bonchev–Trinajstić information content (AvgIpc) is 3.41. The van der Waals surface area contributed by atoms with Crippen LogP contribution >= 0.6 is 0 Å². The molecule has 0 fully saturated rings. The lowest BCUT2D eigenvalue weighted by atomic mass is 10.0. The van der Waals surface area contributed by atoms with Gasteiger partial charge in [-0.3, -0.25) is 14.4 Å². The van der Waals surface area contributed by atoms with Crippen LogP contribution in [0.15, 0.2) is 12.2 Å². The molecule has 0 amide bonds. The number of hydrogen-bond acceptors (Lipinski definition) is 6. The minimum atomic E-state index is -0.770. The third-order valence-electron chi connectivity index (χ3n) is 15.8. The van der Waals surface area contributed by atoms with Gasteiger partial charge in [-0.05, 0) is 44.9 Å². The Morgan fingerprint density at radius 1 is 0.253 bits per heavy atom. The molecule has 6 heteroatoms. The molecule has 444 valence electrons.